The fourth-order valence-electron chi connectivity index (χ4n) is 1.48. The number of phenolic OH excluding ortho intramolecular Hbond substituents is 1. The lowest BCUT2D eigenvalue weighted by Crippen LogP contribution is -2.05. The molecule has 0 aliphatic heterocycles. The van der Waals surface area contributed by atoms with Crippen molar-refractivity contribution in [1.29, 1.82) is 0 Å². The zero-order valence-corrected chi connectivity index (χ0v) is 9.07. The predicted octanol–water partition coefficient (Wildman–Crippen LogP) is 3.06. The molecule has 0 bridgehead atoms. The minimum absolute atomic E-state index is 0.0866. The molecule has 2 rings (SSSR count). The second kappa shape index (κ2) is 4.21. The van der Waals surface area contributed by atoms with Crippen molar-refractivity contribution >= 4 is 5.69 Å². The maximum Gasteiger partial charge on any atom is 0.417 e. The third kappa shape index (κ3) is 2.37. The minimum Gasteiger partial charge on any atom is -0.507 e. The van der Waals surface area contributed by atoms with Crippen LogP contribution in [0, 0.1) is 0 Å². The van der Waals surface area contributed by atoms with E-state index in [0.29, 0.717) is 11.3 Å². The van der Waals surface area contributed by atoms with E-state index in [1.807, 2.05) is 0 Å². The van der Waals surface area contributed by atoms with Gasteiger partial charge in [-0.05, 0) is 30.3 Å². The smallest absolute Gasteiger partial charge is 0.417 e. The van der Waals surface area contributed by atoms with Crippen molar-refractivity contribution in [2.45, 2.75) is 6.18 Å². The number of phenols is 1. The van der Waals surface area contributed by atoms with E-state index in [2.05, 4.69) is 4.98 Å². The van der Waals surface area contributed by atoms with Crippen LogP contribution in [0.1, 0.15) is 5.56 Å². The quantitative estimate of drug-likeness (QED) is 0.607. The number of aromatic nitrogens is 1. The SMILES string of the molecule is Nc1ccc(O)c(-c2ccc(C(F)(F)F)cn2)c1. The highest BCUT2D eigenvalue weighted by Crippen LogP contribution is 2.32. The van der Waals surface area contributed by atoms with Crippen molar-refractivity contribution in [1.82, 2.24) is 4.98 Å². The predicted molar refractivity (Wildman–Crippen MR) is 60.8 cm³/mol. The van der Waals surface area contributed by atoms with Gasteiger partial charge in [0.05, 0.1) is 11.3 Å². The molecule has 0 saturated carbocycles. The summed E-state index contributed by atoms with van der Waals surface area (Å²) in [6.07, 6.45) is -3.71. The van der Waals surface area contributed by atoms with Gasteiger partial charge in [0, 0.05) is 17.4 Å². The summed E-state index contributed by atoms with van der Waals surface area (Å²) in [7, 11) is 0. The third-order valence-electron chi connectivity index (χ3n) is 2.39. The largest absolute Gasteiger partial charge is 0.507 e. The van der Waals surface area contributed by atoms with E-state index in [-0.39, 0.29) is 11.4 Å². The lowest BCUT2D eigenvalue weighted by atomic mass is 10.1. The number of aromatic hydroxyl groups is 1. The van der Waals surface area contributed by atoms with Gasteiger partial charge in [-0.2, -0.15) is 13.2 Å². The number of nitrogens with two attached hydrogens (primary N) is 1. The first-order valence-corrected chi connectivity index (χ1v) is 5.00. The van der Waals surface area contributed by atoms with Crippen LogP contribution in [-0.2, 0) is 6.18 Å². The van der Waals surface area contributed by atoms with Gasteiger partial charge in [0.2, 0.25) is 0 Å². The highest BCUT2D eigenvalue weighted by Gasteiger charge is 2.30. The molecular weight excluding hydrogens is 245 g/mol. The number of hydrogen-bond donors (Lipinski definition) is 2. The molecule has 3 N–H and O–H groups in total. The standard InChI is InChI=1S/C12H9F3N2O/c13-12(14,15)7-1-3-10(17-6-7)9-5-8(16)2-4-11(9)18/h1-6,18H,16H2. The van der Waals surface area contributed by atoms with Crippen LogP contribution in [-0.4, -0.2) is 10.1 Å². The Morgan fingerprint density at radius 1 is 1.11 bits per heavy atom. The van der Waals surface area contributed by atoms with Crippen LogP contribution >= 0.6 is 0 Å². The zero-order valence-electron chi connectivity index (χ0n) is 9.07. The van der Waals surface area contributed by atoms with Crippen molar-refractivity contribution < 1.29 is 18.3 Å². The normalized spacial score (nSPS) is 11.5. The Morgan fingerprint density at radius 2 is 1.83 bits per heavy atom. The van der Waals surface area contributed by atoms with Crippen LogP contribution in [0.25, 0.3) is 11.3 Å². The monoisotopic (exact) mass is 254 g/mol. The highest BCUT2D eigenvalue weighted by atomic mass is 19.4. The van der Waals surface area contributed by atoms with Gasteiger partial charge in [-0.15, -0.1) is 0 Å². The topological polar surface area (TPSA) is 59.1 Å². The molecule has 1 heterocycles. The van der Waals surface area contributed by atoms with E-state index in [1.54, 1.807) is 0 Å². The zero-order chi connectivity index (χ0) is 13.3. The van der Waals surface area contributed by atoms with Crippen LogP contribution in [0.15, 0.2) is 36.5 Å². The van der Waals surface area contributed by atoms with Gasteiger partial charge < -0.3 is 10.8 Å². The molecule has 0 aliphatic rings. The molecule has 0 atom stereocenters. The average Bonchev–Trinajstić information content (AvgIpc) is 2.31. The number of pyridine rings is 1. The summed E-state index contributed by atoms with van der Waals surface area (Å²) in [5.74, 6) is -0.0866. The van der Waals surface area contributed by atoms with Crippen LogP contribution in [0.2, 0.25) is 0 Å². The number of anilines is 1. The Labute approximate surface area is 101 Å². The lowest BCUT2D eigenvalue weighted by molar-refractivity contribution is -0.137. The summed E-state index contributed by atoms with van der Waals surface area (Å²) in [6.45, 7) is 0. The minimum atomic E-state index is -4.43. The van der Waals surface area contributed by atoms with Crippen LogP contribution < -0.4 is 5.73 Å². The van der Waals surface area contributed by atoms with E-state index < -0.39 is 11.7 Å². The van der Waals surface area contributed by atoms with Gasteiger partial charge in [-0.1, -0.05) is 0 Å². The molecule has 6 heteroatoms. The van der Waals surface area contributed by atoms with Gasteiger partial charge in [-0.3, -0.25) is 4.98 Å². The van der Waals surface area contributed by atoms with Crippen LogP contribution in [0.4, 0.5) is 18.9 Å². The number of benzene rings is 1. The molecular formula is C12H9F3N2O. The van der Waals surface area contributed by atoms with Gasteiger partial charge in [0.1, 0.15) is 5.75 Å². The summed E-state index contributed by atoms with van der Waals surface area (Å²) >= 11 is 0. The molecule has 0 unspecified atom stereocenters. The number of nitrogen functional groups attached to an aromatic ring is 1. The van der Waals surface area contributed by atoms with Crippen molar-refractivity contribution in [3.05, 3.63) is 42.1 Å². The molecule has 94 valence electrons. The maximum absolute atomic E-state index is 12.4. The third-order valence-corrected chi connectivity index (χ3v) is 2.39. The van der Waals surface area contributed by atoms with E-state index in [0.717, 1.165) is 12.3 Å². The molecule has 0 fully saturated rings. The fourth-order valence-corrected chi connectivity index (χ4v) is 1.48. The van der Waals surface area contributed by atoms with Crippen molar-refractivity contribution in [2.24, 2.45) is 0 Å². The molecule has 0 amide bonds. The number of rotatable bonds is 1. The Hall–Kier alpha value is -2.24. The molecule has 2 aromatic rings. The number of alkyl halides is 3. The second-order valence-corrected chi connectivity index (χ2v) is 3.71. The molecule has 0 spiro atoms. The van der Waals surface area contributed by atoms with Gasteiger partial charge in [0.15, 0.2) is 0 Å². The summed E-state index contributed by atoms with van der Waals surface area (Å²) in [5, 5.41) is 9.60. The average molecular weight is 254 g/mol. The summed E-state index contributed by atoms with van der Waals surface area (Å²) < 4.78 is 37.1. The van der Waals surface area contributed by atoms with Gasteiger partial charge >= 0.3 is 6.18 Å². The number of halogens is 3. The van der Waals surface area contributed by atoms with E-state index in [1.165, 1.54) is 24.3 Å². The fraction of sp³-hybridized carbons (Fsp3) is 0.0833. The first kappa shape index (κ1) is 12.2. The van der Waals surface area contributed by atoms with Gasteiger partial charge in [-0.25, -0.2) is 0 Å². The Kier molecular flexibility index (Phi) is 2.86. The van der Waals surface area contributed by atoms with E-state index in [9.17, 15) is 18.3 Å². The van der Waals surface area contributed by atoms with Crippen LogP contribution in [0.3, 0.4) is 0 Å². The van der Waals surface area contributed by atoms with Crippen LogP contribution in [0.5, 0.6) is 5.75 Å². The Bertz CT molecular complexity index is 565. The lowest BCUT2D eigenvalue weighted by Gasteiger charge is -2.08. The first-order chi connectivity index (χ1) is 8.38. The Balaban J connectivity index is 2.43. The highest BCUT2D eigenvalue weighted by molar-refractivity contribution is 5.70. The van der Waals surface area contributed by atoms with E-state index in [4.69, 9.17) is 5.73 Å². The van der Waals surface area contributed by atoms with Crippen molar-refractivity contribution in [2.75, 3.05) is 5.73 Å². The maximum atomic E-state index is 12.4. The van der Waals surface area contributed by atoms with Crippen molar-refractivity contribution in [3.63, 3.8) is 0 Å². The molecule has 0 saturated heterocycles. The number of hydrogen-bond acceptors (Lipinski definition) is 3. The Morgan fingerprint density at radius 3 is 2.39 bits per heavy atom. The summed E-state index contributed by atoms with van der Waals surface area (Å²) in [5.41, 5.74) is 5.62. The van der Waals surface area contributed by atoms with E-state index >= 15 is 0 Å². The number of nitrogens with zero attached hydrogens (tertiary/aromatic N) is 1. The van der Waals surface area contributed by atoms with Gasteiger partial charge in [0.25, 0.3) is 0 Å². The molecule has 3 nitrogen and oxygen atoms in total. The molecule has 0 aliphatic carbocycles. The van der Waals surface area contributed by atoms with Crippen molar-refractivity contribution in [3.8, 4) is 17.0 Å². The summed E-state index contributed by atoms with van der Waals surface area (Å²) in [6, 6.07) is 6.40. The molecule has 1 aromatic heterocycles. The molecule has 0 radical (unpaired) electrons. The second-order valence-electron chi connectivity index (χ2n) is 3.71. The first-order valence-electron chi connectivity index (χ1n) is 5.00. The molecule has 18 heavy (non-hydrogen) atoms. The molecule has 1 aromatic carbocycles. The summed E-state index contributed by atoms with van der Waals surface area (Å²) in [4.78, 5) is 3.68.